The summed E-state index contributed by atoms with van der Waals surface area (Å²) in [6.45, 7) is 1.44. The molecule has 0 bridgehead atoms. The largest absolute Gasteiger partial charge is 0.461 e. The van der Waals surface area contributed by atoms with E-state index in [-0.39, 0.29) is 23.9 Å². The second kappa shape index (κ2) is 9.65. The molecule has 0 spiro atoms. The molecule has 29 heavy (non-hydrogen) atoms. The molecule has 1 saturated heterocycles. The molecule has 1 aliphatic heterocycles. The molecule has 8 heteroatoms. The van der Waals surface area contributed by atoms with Crippen LogP contribution in [0.4, 0.5) is 0 Å². The first-order valence-electron chi connectivity index (χ1n) is 9.30. The molecule has 152 valence electrons. The Labute approximate surface area is 170 Å². The molecule has 2 aromatic carbocycles. The number of hydrogen-bond acceptors (Lipinski definition) is 6. The number of sulfonamides is 1. The molecular formula is C21H22N2O5S. The fraction of sp³-hybridized carbons (Fsp3) is 0.333. The Kier molecular flexibility index (Phi) is 6.99. The summed E-state index contributed by atoms with van der Waals surface area (Å²) in [7, 11) is -3.59. The van der Waals surface area contributed by atoms with Crippen molar-refractivity contribution in [2.24, 2.45) is 0 Å². The van der Waals surface area contributed by atoms with Crippen LogP contribution < -0.4 is 0 Å². The lowest BCUT2D eigenvalue weighted by molar-refractivity contribution is -0.144. The van der Waals surface area contributed by atoms with Gasteiger partial charge in [0.25, 0.3) is 0 Å². The highest BCUT2D eigenvalue weighted by Gasteiger charge is 2.26. The molecule has 0 aromatic heterocycles. The Morgan fingerprint density at radius 3 is 2.52 bits per heavy atom. The summed E-state index contributed by atoms with van der Waals surface area (Å²) in [5.74, 6) is -0.365. The fourth-order valence-electron chi connectivity index (χ4n) is 2.96. The Bertz CT molecular complexity index is 990. The number of aryl methyl sites for hydroxylation is 1. The summed E-state index contributed by atoms with van der Waals surface area (Å²) in [6, 6.07) is 15.5. The van der Waals surface area contributed by atoms with Crippen LogP contribution in [0.25, 0.3) is 0 Å². The monoisotopic (exact) mass is 414 g/mol. The Morgan fingerprint density at radius 2 is 1.83 bits per heavy atom. The highest BCUT2D eigenvalue weighted by molar-refractivity contribution is 7.89. The molecule has 0 unspecified atom stereocenters. The smallest absolute Gasteiger partial charge is 0.306 e. The van der Waals surface area contributed by atoms with E-state index in [4.69, 9.17) is 14.7 Å². The van der Waals surface area contributed by atoms with Crippen LogP contribution in [-0.2, 0) is 37.3 Å². The third kappa shape index (κ3) is 5.64. The SMILES string of the molecule is N#Cc1ccc(CCC(=O)OCc2cccc(S(=O)(=O)N3CCOCC3)c2)cc1. The number of rotatable bonds is 7. The number of nitriles is 1. The van der Waals surface area contributed by atoms with Gasteiger partial charge in [-0.1, -0.05) is 24.3 Å². The number of carbonyl (C=O) groups excluding carboxylic acids is 1. The lowest BCUT2D eigenvalue weighted by Crippen LogP contribution is -2.40. The normalized spacial score (nSPS) is 14.9. The molecule has 2 aromatic rings. The summed E-state index contributed by atoms with van der Waals surface area (Å²) in [6.07, 6.45) is 0.716. The minimum Gasteiger partial charge on any atom is -0.461 e. The van der Waals surface area contributed by atoms with E-state index in [1.807, 2.05) is 18.2 Å². The molecule has 0 radical (unpaired) electrons. The molecule has 1 fully saturated rings. The van der Waals surface area contributed by atoms with Crippen molar-refractivity contribution in [1.82, 2.24) is 4.31 Å². The third-order valence-electron chi connectivity index (χ3n) is 4.61. The van der Waals surface area contributed by atoms with Crippen LogP contribution in [-0.4, -0.2) is 45.0 Å². The number of esters is 1. The molecule has 0 aliphatic carbocycles. The van der Waals surface area contributed by atoms with Crippen molar-refractivity contribution >= 4 is 16.0 Å². The van der Waals surface area contributed by atoms with Crippen LogP contribution in [0.15, 0.2) is 53.4 Å². The number of benzene rings is 2. The van der Waals surface area contributed by atoms with Crippen molar-refractivity contribution in [3.8, 4) is 6.07 Å². The van der Waals surface area contributed by atoms with Gasteiger partial charge in [-0.3, -0.25) is 4.79 Å². The molecule has 0 N–H and O–H groups in total. The molecule has 1 aliphatic rings. The van der Waals surface area contributed by atoms with Gasteiger partial charge in [0.05, 0.1) is 29.7 Å². The topological polar surface area (TPSA) is 96.7 Å². The summed E-state index contributed by atoms with van der Waals surface area (Å²) < 4.78 is 37.3. The van der Waals surface area contributed by atoms with Gasteiger partial charge in [-0.25, -0.2) is 8.42 Å². The molecule has 0 amide bonds. The van der Waals surface area contributed by atoms with Gasteiger partial charge in [0.1, 0.15) is 6.61 Å². The highest BCUT2D eigenvalue weighted by Crippen LogP contribution is 2.19. The van der Waals surface area contributed by atoms with Crippen molar-refractivity contribution < 1.29 is 22.7 Å². The number of morpholine rings is 1. The van der Waals surface area contributed by atoms with E-state index in [1.165, 1.54) is 4.31 Å². The minimum absolute atomic E-state index is 0.0126. The summed E-state index contributed by atoms with van der Waals surface area (Å²) in [4.78, 5) is 12.2. The fourth-order valence-corrected chi connectivity index (χ4v) is 4.44. The molecular weight excluding hydrogens is 392 g/mol. The lowest BCUT2D eigenvalue weighted by atomic mass is 10.1. The van der Waals surface area contributed by atoms with Gasteiger partial charge in [-0.15, -0.1) is 0 Å². The van der Waals surface area contributed by atoms with Gasteiger partial charge in [-0.05, 0) is 41.8 Å². The van der Waals surface area contributed by atoms with Gasteiger partial charge in [-0.2, -0.15) is 9.57 Å². The maximum atomic E-state index is 12.7. The van der Waals surface area contributed by atoms with Gasteiger partial charge in [0.15, 0.2) is 0 Å². The first-order chi connectivity index (χ1) is 14.0. The van der Waals surface area contributed by atoms with Crippen molar-refractivity contribution in [3.05, 3.63) is 65.2 Å². The molecule has 0 saturated carbocycles. The molecule has 7 nitrogen and oxygen atoms in total. The zero-order valence-corrected chi connectivity index (χ0v) is 16.7. The maximum Gasteiger partial charge on any atom is 0.306 e. The van der Waals surface area contributed by atoms with Crippen LogP contribution in [0.1, 0.15) is 23.1 Å². The van der Waals surface area contributed by atoms with E-state index in [1.54, 1.807) is 36.4 Å². The second-order valence-corrected chi connectivity index (χ2v) is 8.57. The Morgan fingerprint density at radius 1 is 1.10 bits per heavy atom. The zero-order valence-electron chi connectivity index (χ0n) is 15.9. The quantitative estimate of drug-likeness (QED) is 0.645. The standard InChI is InChI=1S/C21H22N2O5S/c22-15-18-6-4-17(5-7-18)8-9-21(24)28-16-19-2-1-3-20(14-19)29(25,26)23-10-12-27-13-11-23/h1-7,14H,8-13,16H2. The van der Waals surface area contributed by atoms with Crippen LogP contribution >= 0.6 is 0 Å². The number of hydrogen-bond donors (Lipinski definition) is 0. The maximum absolute atomic E-state index is 12.7. The number of carbonyl (C=O) groups is 1. The van der Waals surface area contributed by atoms with Crippen molar-refractivity contribution in [2.45, 2.75) is 24.3 Å². The number of nitrogens with zero attached hydrogens (tertiary/aromatic N) is 2. The Hall–Kier alpha value is -2.73. The summed E-state index contributed by atoms with van der Waals surface area (Å²) in [5, 5.41) is 8.80. The van der Waals surface area contributed by atoms with E-state index < -0.39 is 10.0 Å². The van der Waals surface area contributed by atoms with Crippen LogP contribution in [0, 0.1) is 11.3 Å². The highest BCUT2D eigenvalue weighted by atomic mass is 32.2. The van der Waals surface area contributed by atoms with E-state index in [0.717, 1.165) is 5.56 Å². The third-order valence-corrected chi connectivity index (χ3v) is 6.50. The lowest BCUT2D eigenvalue weighted by Gasteiger charge is -2.26. The van der Waals surface area contributed by atoms with Gasteiger partial charge in [0.2, 0.25) is 10.0 Å². The first-order valence-corrected chi connectivity index (χ1v) is 10.7. The second-order valence-electron chi connectivity index (χ2n) is 6.63. The van der Waals surface area contributed by atoms with Gasteiger partial charge in [0, 0.05) is 19.5 Å². The van der Waals surface area contributed by atoms with E-state index in [2.05, 4.69) is 0 Å². The molecule has 3 rings (SSSR count). The minimum atomic E-state index is -3.59. The average molecular weight is 414 g/mol. The van der Waals surface area contributed by atoms with E-state index in [0.29, 0.717) is 43.9 Å². The predicted octanol–water partition coefficient (Wildman–Crippen LogP) is 2.26. The summed E-state index contributed by atoms with van der Waals surface area (Å²) in [5.41, 5.74) is 2.13. The van der Waals surface area contributed by atoms with Gasteiger partial charge < -0.3 is 9.47 Å². The van der Waals surface area contributed by atoms with Crippen molar-refractivity contribution in [3.63, 3.8) is 0 Å². The van der Waals surface area contributed by atoms with Crippen molar-refractivity contribution in [2.75, 3.05) is 26.3 Å². The van der Waals surface area contributed by atoms with E-state index in [9.17, 15) is 13.2 Å². The molecule has 0 atom stereocenters. The summed E-state index contributed by atoms with van der Waals surface area (Å²) >= 11 is 0. The van der Waals surface area contributed by atoms with Crippen LogP contribution in [0.2, 0.25) is 0 Å². The van der Waals surface area contributed by atoms with Crippen LogP contribution in [0.3, 0.4) is 0 Å². The average Bonchev–Trinajstić information content (AvgIpc) is 2.77. The first kappa shape index (κ1) is 21.0. The number of ether oxygens (including phenoxy) is 2. The van der Waals surface area contributed by atoms with Gasteiger partial charge >= 0.3 is 5.97 Å². The van der Waals surface area contributed by atoms with Crippen molar-refractivity contribution in [1.29, 1.82) is 5.26 Å². The van der Waals surface area contributed by atoms with E-state index >= 15 is 0 Å². The Balaban J connectivity index is 1.54. The van der Waals surface area contributed by atoms with Crippen LogP contribution in [0.5, 0.6) is 0 Å². The predicted molar refractivity (Wildman–Crippen MR) is 105 cm³/mol. The zero-order chi connectivity index (χ0) is 20.7. The molecule has 1 heterocycles.